The summed E-state index contributed by atoms with van der Waals surface area (Å²) < 4.78 is 4.79. The van der Waals surface area contributed by atoms with Crippen molar-refractivity contribution in [1.29, 1.82) is 0 Å². The van der Waals surface area contributed by atoms with E-state index in [4.69, 9.17) is 0 Å². The third-order valence-corrected chi connectivity index (χ3v) is 5.67. The first kappa shape index (κ1) is 20.8. The normalized spacial score (nSPS) is 13.7. The quantitative estimate of drug-likeness (QED) is 0.564. The molecule has 0 spiro atoms. The van der Waals surface area contributed by atoms with Gasteiger partial charge in [-0.05, 0) is 12.5 Å². The van der Waals surface area contributed by atoms with Gasteiger partial charge in [-0.1, -0.05) is 81.4 Å². The SMILES string of the molecule is C[C@H](c1ccccc1)n1cc[n+]([C@@H](SC(C)(C)C)c2ccccc2)c1.[Br-]. The highest BCUT2D eigenvalue weighted by Crippen LogP contribution is 2.36. The summed E-state index contributed by atoms with van der Waals surface area (Å²) in [5.41, 5.74) is 2.66. The van der Waals surface area contributed by atoms with Crippen molar-refractivity contribution in [3.05, 3.63) is 90.5 Å². The van der Waals surface area contributed by atoms with Gasteiger partial charge < -0.3 is 17.0 Å². The van der Waals surface area contributed by atoms with E-state index in [1.165, 1.54) is 11.1 Å². The Morgan fingerprint density at radius 3 is 1.96 bits per heavy atom. The predicted molar refractivity (Wildman–Crippen MR) is 107 cm³/mol. The maximum atomic E-state index is 2.32. The Balaban J connectivity index is 0.00000243. The van der Waals surface area contributed by atoms with Crippen molar-refractivity contribution in [2.24, 2.45) is 0 Å². The van der Waals surface area contributed by atoms with Crippen LogP contribution in [-0.4, -0.2) is 9.31 Å². The van der Waals surface area contributed by atoms with Crippen molar-refractivity contribution < 1.29 is 21.5 Å². The maximum absolute atomic E-state index is 2.32. The molecule has 0 aliphatic rings. The van der Waals surface area contributed by atoms with Crippen molar-refractivity contribution in [1.82, 2.24) is 4.57 Å². The van der Waals surface area contributed by atoms with Crippen molar-refractivity contribution in [3.8, 4) is 0 Å². The van der Waals surface area contributed by atoms with E-state index in [1.54, 1.807) is 0 Å². The molecule has 0 unspecified atom stereocenters. The number of benzene rings is 2. The van der Waals surface area contributed by atoms with E-state index in [9.17, 15) is 0 Å². The van der Waals surface area contributed by atoms with Gasteiger partial charge in [-0.15, -0.1) is 11.8 Å². The second-order valence-corrected chi connectivity index (χ2v) is 9.29. The third kappa shape index (κ3) is 5.24. The van der Waals surface area contributed by atoms with Gasteiger partial charge in [-0.2, -0.15) is 0 Å². The number of nitrogens with zero attached hydrogens (tertiary/aromatic N) is 2. The van der Waals surface area contributed by atoms with E-state index >= 15 is 0 Å². The van der Waals surface area contributed by atoms with Gasteiger partial charge >= 0.3 is 0 Å². The zero-order chi connectivity index (χ0) is 17.9. The first-order chi connectivity index (χ1) is 11.9. The Bertz CT molecular complexity index is 794. The molecule has 4 heteroatoms. The zero-order valence-electron chi connectivity index (χ0n) is 15.8. The van der Waals surface area contributed by atoms with Gasteiger partial charge in [0.05, 0.1) is 0 Å². The van der Waals surface area contributed by atoms with Crippen LogP contribution in [0.3, 0.4) is 0 Å². The topological polar surface area (TPSA) is 8.81 Å². The highest BCUT2D eigenvalue weighted by Gasteiger charge is 2.27. The van der Waals surface area contributed by atoms with Gasteiger partial charge in [0, 0.05) is 10.3 Å². The van der Waals surface area contributed by atoms with Crippen LogP contribution in [0.5, 0.6) is 0 Å². The number of halogens is 1. The van der Waals surface area contributed by atoms with Crippen LogP contribution in [-0.2, 0) is 0 Å². The molecule has 1 aromatic heterocycles. The molecule has 0 bridgehead atoms. The molecule has 0 amide bonds. The molecular formula is C22H27BrN2S. The minimum Gasteiger partial charge on any atom is -1.00 e. The number of rotatable bonds is 5. The summed E-state index contributed by atoms with van der Waals surface area (Å²) in [6.45, 7) is 9.07. The smallest absolute Gasteiger partial charge is 0.245 e. The van der Waals surface area contributed by atoms with Gasteiger partial charge in [-0.3, -0.25) is 0 Å². The molecule has 0 N–H and O–H groups in total. The molecule has 0 aliphatic carbocycles. The third-order valence-electron chi connectivity index (χ3n) is 4.23. The minimum atomic E-state index is 0. The Labute approximate surface area is 172 Å². The molecule has 2 nitrogen and oxygen atoms in total. The lowest BCUT2D eigenvalue weighted by Gasteiger charge is -2.23. The molecule has 3 rings (SSSR count). The summed E-state index contributed by atoms with van der Waals surface area (Å²) in [5, 5.41) is 0.269. The lowest BCUT2D eigenvalue weighted by atomic mass is 10.1. The van der Waals surface area contributed by atoms with Gasteiger partial charge in [0.1, 0.15) is 18.4 Å². The molecule has 0 saturated heterocycles. The molecule has 0 aliphatic heterocycles. The molecule has 2 atom stereocenters. The highest BCUT2D eigenvalue weighted by molar-refractivity contribution is 8.00. The van der Waals surface area contributed by atoms with Crippen LogP contribution >= 0.6 is 11.8 Å². The summed E-state index contributed by atoms with van der Waals surface area (Å²) in [4.78, 5) is 0. The van der Waals surface area contributed by atoms with Gasteiger partial charge in [0.15, 0.2) is 5.37 Å². The maximum Gasteiger partial charge on any atom is 0.245 e. The van der Waals surface area contributed by atoms with Crippen LogP contribution in [0.25, 0.3) is 0 Å². The fraction of sp³-hybridized carbons (Fsp3) is 0.318. The first-order valence-corrected chi connectivity index (χ1v) is 9.68. The van der Waals surface area contributed by atoms with Gasteiger partial charge in [-0.25, -0.2) is 9.13 Å². The summed E-state index contributed by atoms with van der Waals surface area (Å²) in [7, 11) is 0. The van der Waals surface area contributed by atoms with E-state index in [2.05, 4.69) is 116 Å². The highest BCUT2D eigenvalue weighted by atomic mass is 79.9. The standard InChI is InChI=1S/C22H27N2S.BrH/c1-18(19-11-7-5-8-12-19)23-15-16-24(17-23)21(25-22(2,3)4)20-13-9-6-10-14-20;/h5-18,21H,1-4H3;1H/q+1;/p-1/t18-,21+;/m1./s1. The van der Waals surface area contributed by atoms with Gasteiger partial charge in [0.2, 0.25) is 6.33 Å². The predicted octanol–water partition coefficient (Wildman–Crippen LogP) is 2.47. The molecule has 0 saturated carbocycles. The number of thioether (sulfide) groups is 1. The van der Waals surface area contributed by atoms with E-state index in [0.29, 0.717) is 6.04 Å². The van der Waals surface area contributed by atoms with Crippen molar-refractivity contribution in [2.45, 2.75) is 43.9 Å². The van der Waals surface area contributed by atoms with Crippen molar-refractivity contribution in [3.63, 3.8) is 0 Å². The van der Waals surface area contributed by atoms with Crippen LogP contribution in [0, 0.1) is 0 Å². The second-order valence-electron chi connectivity index (χ2n) is 7.39. The fourth-order valence-corrected chi connectivity index (χ4v) is 4.12. The Kier molecular flexibility index (Phi) is 7.13. The summed E-state index contributed by atoms with van der Waals surface area (Å²) in [5.74, 6) is 0. The van der Waals surface area contributed by atoms with E-state index in [1.807, 2.05) is 11.8 Å². The molecule has 1 heterocycles. The van der Waals surface area contributed by atoms with Crippen LogP contribution in [0.15, 0.2) is 79.4 Å². The lowest BCUT2D eigenvalue weighted by Crippen LogP contribution is -3.00. The molecule has 0 fully saturated rings. The average Bonchev–Trinajstić information content (AvgIpc) is 3.09. The number of hydrogen-bond donors (Lipinski definition) is 0. The number of imidazole rings is 1. The molecule has 2 aromatic carbocycles. The molecule has 0 radical (unpaired) electrons. The van der Waals surface area contributed by atoms with Gasteiger partial charge in [0.25, 0.3) is 0 Å². The molecule has 138 valence electrons. The Hall–Kier alpha value is -1.52. The van der Waals surface area contributed by atoms with Crippen LogP contribution < -0.4 is 21.5 Å². The minimum absolute atomic E-state index is 0. The molecular weight excluding hydrogens is 404 g/mol. The summed E-state index contributed by atoms with van der Waals surface area (Å²) >= 11 is 1.98. The van der Waals surface area contributed by atoms with Crippen molar-refractivity contribution >= 4 is 11.8 Å². The van der Waals surface area contributed by atoms with Crippen LogP contribution in [0.2, 0.25) is 0 Å². The monoisotopic (exact) mass is 430 g/mol. The fourth-order valence-electron chi connectivity index (χ4n) is 2.91. The average molecular weight is 431 g/mol. The molecule has 3 aromatic rings. The summed E-state index contributed by atoms with van der Waals surface area (Å²) in [6.07, 6.45) is 6.60. The lowest BCUT2D eigenvalue weighted by molar-refractivity contribution is -0.691. The largest absolute Gasteiger partial charge is 1.00 e. The molecule has 26 heavy (non-hydrogen) atoms. The van der Waals surface area contributed by atoms with Crippen LogP contribution in [0.1, 0.15) is 50.2 Å². The van der Waals surface area contributed by atoms with Crippen molar-refractivity contribution in [2.75, 3.05) is 0 Å². The second kappa shape index (κ2) is 8.92. The number of aromatic nitrogens is 2. The number of hydrogen-bond acceptors (Lipinski definition) is 1. The van der Waals surface area contributed by atoms with E-state index in [-0.39, 0.29) is 27.1 Å². The first-order valence-electron chi connectivity index (χ1n) is 8.80. The van der Waals surface area contributed by atoms with E-state index < -0.39 is 0 Å². The summed E-state index contributed by atoms with van der Waals surface area (Å²) in [6, 6.07) is 21.7. The van der Waals surface area contributed by atoms with Crippen LogP contribution in [0.4, 0.5) is 0 Å². The zero-order valence-corrected chi connectivity index (χ0v) is 18.2. The van der Waals surface area contributed by atoms with E-state index in [0.717, 1.165) is 0 Å². The Morgan fingerprint density at radius 1 is 0.885 bits per heavy atom. The Morgan fingerprint density at radius 2 is 1.42 bits per heavy atom.